The first-order valence-corrected chi connectivity index (χ1v) is 6.13. The first kappa shape index (κ1) is 12.9. The standard InChI is InChI=1S/C14H19NO3/c1-10-6-13-14(18-9-17-13)7-12(10)8-15(3)5-4-11(2)16/h6-7H,4-5,8-9H2,1-3H3. The third kappa shape index (κ3) is 3.01. The van der Waals surface area contributed by atoms with E-state index in [9.17, 15) is 4.79 Å². The van der Waals surface area contributed by atoms with E-state index >= 15 is 0 Å². The van der Waals surface area contributed by atoms with E-state index in [-0.39, 0.29) is 5.78 Å². The number of fused-ring (bicyclic) bond motifs is 1. The molecule has 0 saturated carbocycles. The Morgan fingerprint density at radius 2 is 2.00 bits per heavy atom. The highest BCUT2D eigenvalue weighted by molar-refractivity contribution is 5.75. The fourth-order valence-corrected chi connectivity index (χ4v) is 1.97. The number of benzene rings is 1. The molecule has 1 heterocycles. The first-order valence-electron chi connectivity index (χ1n) is 6.13. The Hall–Kier alpha value is -1.55. The van der Waals surface area contributed by atoms with Crippen molar-refractivity contribution in [3.05, 3.63) is 23.3 Å². The Bertz CT molecular complexity index is 457. The average Bonchev–Trinajstić information content (AvgIpc) is 2.74. The van der Waals surface area contributed by atoms with Gasteiger partial charge in [-0.2, -0.15) is 0 Å². The first-order chi connectivity index (χ1) is 8.56. The fourth-order valence-electron chi connectivity index (χ4n) is 1.97. The van der Waals surface area contributed by atoms with Crippen LogP contribution >= 0.6 is 0 Å². The molecule has 0 N–H and O–H groups in total. The van der Waals surface area contributed by atoms with Crippen LogP contribution in [-0.4, -0.2) is 31.1 Å². The number of aryl methyl sites for hydroxylation is 1. The molecule has 0 radical (unpaired) electrons. The van der Waals surface area contributed by atoms with Gasteiger partial charge in [0.25, 0.3) is 0 Å². The number of hydrogen-bond acceptors (Lipinski definition) is 4. The number of hydrogen-bond donors (Lipinski definition) is 0. The molecule has 0 spiro atoms. The Morgan fingerprint density at radius 3 is 2.67 bits per heavy atom. The van der Waals surface area contributed by atoms with E-state index < -0.39 is 0 Å². The number of ether oxygens (including phenoxy) is 2. The number of Topliss-reactive ketones (excluding diaryl/α,β-unsaturated/α-hetero) is 1. The summed E-state index contributed by atoms with van der Waals surface area (Å²) in [6.07, 6.45) is 0.597. The van der Waals surface area contributed by atoms with E-state index in [0.29, 0.717) is 13.2 Å². The second kappa shape index (κ2) is 5.40. The molecule has 0 aliphatic carbocycles. The van der Waals surface area contributed by atoms with Gasteiger partial charge >= 0.3 is 0 Å². The van der Waals surface area contributed by atoms with Crippen LogP contribution in [0.3, 0.4) is 0 Å². The van der Waals surface area contributed by atoms with Gasteiger partial charge in [-0.05, 0) is 44.2 Å². The highest BCUT2D eigenvalue weighted by Crippen LogP contribution is 2.34. The minimum absolute atomic E-state index is 0.226. The zero-order chi connectivity index (χ0) is 13.1. The molecule has 1 aliphatic rings. The molecule has 98 valence electrons. The van der Waals surface area contributed by atoms with Crippen molar-refractivity contribution in [3.63, 3.8) is 0 Å². The molecule has 18 heavy (non-hydrogen) atoms. The van der Waals surface area contributed by atoms with Gasteiger partial charge < -0.3 is 14.4 Å². The summed E-state index contributed by atoms with van der Waals surface area (Å²) in [4.78, 5) is 13.1. The number of carbonyl (C=O) groups excluding carboxylic acids is 1. The maximum Gasteiger partial charge on any atom is 0.231 e. The maximum absolute atomic E-state index is 11.0. The van der Waals surface area contributed by atoms with Crippen molar-refractivity contribution in [1.82, 2.24) is 4.90 Å². The fraction of sp³-hybridized carbons (Fsp3) is 0.500. The van der Waals surface area contributed by atoms with Crippen LogP contribution in [0.15, 0.2) is 12.1 Å². The second-order valence-corrected chi connectivity index (χ2v) is 4.82. The molecule has 0 atom stereocenters. The highest BCUT2D eigenvalue weighted by atomic mass is 16.7. The van der Waals surface area contributed by atoms with E-state index in [2.05, 4.69) is 11.8 Å². The minimum atomic E-state index is 0.226. The van der Waals surface area contributed by atoms with Crippen LogP contribution < -0.4 is 9.47 Å². The number of carbonyl (C=O) groups is 1. The lowest BCUT2D eigenvalue weighted by atomic mass is 10.1. The summed E-state index contributed by atoms with van der Waals surface area (Å²) in [6.45, 7) is 5.59. The number of nitrogens with zero attached hydrogens (tertiary/aromatic N) is 1. The molecule has 0 unspecified atom stereocenters. The maximum atomic E-state index is 11.0. The van der Waals surface area contributed by atoms with Gasteiger partial charge in [0.1, 0.15) is 5.78 Å². The molecule has 0 aromatic heterocycles. The Labute approximate surface area is 107 Å². The van der Waals surface area contributed by atoms with E-state index in [1.807, 2.05) is 19.2 Å². The third-order valence-electron chi connectivity index (χ3n) is 3.12. The molecule has 0 fully saturated rings. The highest BCUT2D eigenvalue weighted by Gasteiger charge is 2.16. The lowest BCUT2D eigenvalue weighted by molar-refractivity contribution is -0.117. The van der Waals surface area contributed by atoms with E-state index in [1.54, 1.807) is 6.92 Å². The van der Waals surface area contributed by atoms with Gasteiger partial charge in [-0.25, -0.2) is 0 Å². The molecule has 1 aromatic rings. The largest absolute Gasteiger partial charge is 0.454 e. The van der Waals surface area contributed by atoms with Crippen molar-refractivity contribution in [1.29, 1.82) is 0 Å². The molecule has 2 rings (SSSR count). The lowest BCUT2D eigenvalue weighted by Gasteiger charge is -2.17. The lowest BCUT2D eigenvalue weighted by Crippen LogP contribution is -2.21. The third-order valence-corrected chi connectivity index (χ3v) is 3.12. The molecule has 0 amide bonds. The predicted octanol–water partition coefficient (Wildman–Crippen LogP) is 2.13. The molecule has 0 saturated heterocycles. The van der Waals surface area contributed by atoms with Crippen molar-refractivity contribution in [2.24, 2.45) is 0 Å². The second-order valence-electron chi connectivity index (χ2n) is 4.82. The van der Waals surface area contributed by atoms with Crippen molar-refractivity contribution >= 4 is 5.78 Å². The van der Waals surface area contributed by atoms with Crippen LogP contribution in [0.1, 0.15) is 24.5 Å². The zero-order valence-electron chi connectivity index (χ0n) is 11.2. The molecule has 4 nitrogen and oxygen atoms in total. The van der Waals surface area contributed by atoms with Crippen LogP contribution in [0.2, 0.25) is 0 Å². The van der Waals surface area contributed by atoms with Crippen molar-refractivity contribution in [2.45, 2.75) is 26.8 Å². The monoisotopic (exact) mass is 249 g/mol. The topological polar surface area (TPSA) is 38.8 Å². The quantitative estimate of drug-likeness (QED) is 0.801. The van der Waals surface area contributed by atoms with E-state index in [4.69, 9.17) is 9.47 Å². The Morgan fingerprint density at radius 1 is 1.33 bits per heavy atom. The van der Waals surface area contributed by atoms with Gasteiger partial charge in [0, 0.05) is 19.5 Å². The van der Waals surface area contributed by atoms with Gasteiger partial charge in [0.15, 0.2) is 11.5 Å². The molecular weight excluding hydrogens is 230 g/mol. The van der Waals surface area contributed by atoms with Crippen LogP contribution in [0, 0.1) is 6.92 Å². The predicted molar refractivity (Wildman–Crippen MR) is 68.9 cm³/mol. The summed E-state index contributed by atoms with van der Waals surface area (Å²) in [5, 5.41) is 0. The van der Waals surface area contributed by atoms with E-state index in [0.717, 1.165) is 24.6 Å². The summed E-state index contributed by atoms with van der Waals surface area (Å²) in [7, 11) is 2.02. The number of rotatable bonds is 5. The summed E-state index contributed by atoms with van der Waals surface area (Å²) in [5.41, 5.74) is 2.40. The van der Waals surface area contributed by atoms with Crippen LogP contribution in [0.4, 0.5) is 0 Å². The molecule has 1 aliphatic heterocycles. The smallest absolute Gasteiger partial charge is 0.231 e. The summed E-state index contributed by atoms with van der Waals surface area (Å²) in [5.74, 6) is 1.86. The Kier molecular flexibility index (Phi) is 3.87. The summed E-state index contributed by atoms with van der Waals surface area (Å²) >= 11 is 0. The molecule has 0 bridgehead atoms. The van der Waals surface area contributed by atoms with Crippen LogP contribution in [0.25, 0.3) is 0 Å². The molecule has 1 aromatic carbocycles. The Balaban J connectivity index is 2.03. The van der Waals surface area contributed by atoms with Gasteiger partial charge in [-0.1, -0.05) is 0 Å². The van der Waals surface area contributed by atoms with Gasteiger partial charge in [-0.3, -0.25) is 4.79 Å². The van der Waals surface area contributed by atoms with Crippen LogP contribution in [-0.2, 0) is 11.3 Å². The normalized spacial score (nSPS) is 13.1. The SMILES string of the molecule is CC(=O)CCN(C)Cc1cc2c(cc1C)OCO2. The zero-order valence-corrected chi connectivity index (χ0v) is 11.2. The van der Waals surface area contributed by atoms with Gasteiger partial charge in [0.05, 0.1) is 0 Å². The minimum Gasteiger partial charge on any atom is -0.454 e. The molecular formula is C14H19NO3. The number of ketones is 1. The van der Waals surface area contributed by atoms with E-state index in [1.165, 1.54) is 11.1 Å². The average molecular weight is 249 g/mol. The van der Waals surface area contributed by atoms with Crippen molar-refractivity contribution in [2.75, 3.05) is 20.4 Å². The molecule has 4 heteroatoms. The van der Waals surface area contributed by atoms with Gasteiger partial charge in [0.2, 0.25) is 6.79 Å². The van der Waals surface area contributed by atoms with Crippen molar-refractivity contribution < 1.29 is 14.3 Å². The summed E-state index contributed by atoms with van der Waals surface area (Å²) < 4.78 is 10.7. The van der Waals surface area contributed by atoms with Crippen molar-refractivity contribution in [3.8, 4) is 11.5 Å². The summed E-state index contributed by atoms with van der Waals surface area (Å²) in [6, 6.07) is 4.04. The van der Waals surface area contributed by atoms with Crippen LogP contribution in [0.5, 0.6) is 11.5 Å². The van der Waals surface area contributed by atoms with Gasteiger partial charge in [-0.15, -0.1) is 0 Å².